The molecule has 158 valence electrons. The first-order valence-electron chi connectivity index (χ1n) is 9.69. The monoisotopic (exact) mass is 399 g/mol. The summed E-state index contributed by atoms with van der Waals surface area (Å²) < 4.78 is 5.27. The van der Waals surface area contributed by atoms with Crippen LogP contribution in [0.25, 0.3) is 0 Å². The topological polar surface area (TPSA) is 198 Å². The highest BCUT2D eigenvalue weighted by Gasteiger charge is 2.69. The highest BCUT2D eigenvalue weighted by atomic mass is 16.5. The van der Waals surface area contributed by atoms with E-state index in [1.54, 1.807) is 4.90 Å². The molecule has 0 bridgehead atoms. The zero-order chi connectivity index (χ0) is 20.4. The van der Waals surface area contributed by atoms with Crippen molar-refractivity contribution in [3.05, 3.63) is 0 Å². The summed E-state index contributed by atoms with van der Waals surface area (Å²) in [7, 11) is 0. The van der Waals surface area contributed by atoms with Crippen LogP contribution in [-0.2, 0) is 4.74 Å². The maximum absolute atomic E-state index is 12.0. The van der Waals surface area contributed by atoms with Crippen molar-refractivity contribution in [3.8, 4) is 0 Å². The molecule has 3 atom stereocenters. The van der Waals surface area contributed by atoms with E-state index in [0.717, 1.165) is 32.2 Å². The van der Waals surface area contributed by atoms with Crippen LogP contribution in [0.15, 0.2) is 9.98 Å². The quantitative estimate of drug-likeness (QED) is 0.162. The number of hydrogen-bond donors (Lipinski definition) is 7. The third kappa shape index (κ3) is 3.54. The second-order valence-electron chi connectivity index (χ2n) is 7.42. The van der Waals surface area contributed by atoms with Crippen LogP contribution < -0.4 is 27.8 Å². The van der Waals surface area contributed by atoms with E-state index in [4.69, 9.17) is 16.2 Å². The average molecular weight is 399 g/mol. The van der Waals surface area contributed by atoms with E-state index in [2.05, 4.69) is 26.4 Å². The lowest BCUT2D eigenvalue weighted by Gasteiger charge is -2.48. The second kappa shape index (κ2) is 7.97. The number of amides is 1. The molecule has 1 spiro atoms. The van der Waals surface area contributed by atoms with Crippen LogP contribution in [0.2, 0.25) is 0 Å². The molecule has 1 saturated heterocycles. The van der Waals surface area contributed by atoms with Crippen LogP contribution in [0.1, 0.15) is 32.1 Å². The molecule has 12 nitrogen and oxygen atoms in total. The van der Waals surface area contributed by atoms with Crippen molar-refractivity contribution in [1.29, 1.82) is 0 Å². The van der Waals surface area contributed by atoms with Crippen molar-refractivity contribution in [1.82, 2.24) is 15.5 Å². The SMILES string of the molecule is NC1=NC2[C@H](COC(=O)NCCCCCC[NH3+])N=C(N)N3CCC(O)(O)C23N1. The predicted octanol–water partition coefficient (Wildman–Crippen LogP) is -3.42. The first-order chi connectivity index (χ1) is 13.3. The summed E-state index contributed by atoms with van der Waals surface area (Å²) in [5.74, 6) is -1.93. The Bertz CT molecular complexity index is 655. The molecule has 2 unspecified atom stereocenters. The van der Waals surface area contributed by atoms with Gasteiger partial charge in [0.25, 0.3) is 0 Å². The van der Waals surface area contributed by atoms with E-state index in [0.29, 0.717) is 6.54 Å². The fraction of sp³-hybridized carbons (Fsp3) is 0.812. The number of rotatable bonds is 8. The van der Waals surface area contributed by atoms with Gasteiger partial charge in [0.15, 0.2) is 17.6 Å². The van der Waals surface area contributed by atoms with Gasteiger partial charge in [0.2, 0.25) is 5.79 Å². The number of quaternary nitrogens is 1. The van der Waals surface area contributed by atoms with E-state index >= 15 is 0 Å². The standard InChI is InChI=1S/C16H30N8O4/c17-6-3-1-2-4-7-20-14(25)28-9-10-11-16(23-12(18)22-11)15(26,27)5-8-24(16)13(19)21-10/h10-11,26-27H,1-9,17H2,(H2,19,21)(H,20,25)(H3,18,22,23)/p+1/t10-,11?,16?/m0/s1. The van der Waals surface area contributed by atoms with Crippen molar-refractivity contribution >= 4 is 18.0 Å². The van der Waals surface area contributed by atoms with Crippen LogP contribution in [0, 0.1) is 0 Å². The maximum atomic E-state index is 12.0. The Morgan fingerprint density at radius 1 is 1.32 bits per heavy atom. The summed E-state index contributed by atoms with van der Waals surface area (Å²) in [5, 5.41) is 26.7. The van der Waals surface area contributed by atoms with Gasteiger partial charge in [-0.1, -0.05) is 6.42 Å². The minimum absolute atomic E-state index is 0.0533. The van der Waals surface area contributed by atoms with Gasteiger partial charge in [-0.05, 0) is 19.3 Å². The molecule has 12 heteroatoms. The maximum Gasteiger partial charge on any atom is 0.407 e. The molecule has 1 amide bonds. The summed E-state index contributed by atoms with van der Waals surface area (Å²) in [5.41, 5.74) is 14.2. The van der Waals surface area contributed by atoms with Gasteiger partial charge in [-0.25, -0.2) is 14.8 Å². The fourth-order valence-corrected chi connectivity index (χ4v) is 4.12. The number of unbranched alkanes of at least 4 members (excludes halogenated alkanes) is 3. The minimum Gasteiger partial charge on any atom is -0.447 e. The molecule has 0 aromatic rings. The van der Waals surface area contributed by atoms with Gasteiger partial charge in [-0.2, -0.15) is 0 Å². The zero-order valence-corrected chi connectivity index (χ0v) is 15.9. The Morgan fingerprint density at radius 3 is 2.82 bits per heavy atom. The van der Waals surface area contributed by atoms with Crippen molar-refractivity contribution in [2.45, 2.75) is 55.6 Å². The molecule has 0 aromatic heterocycles. The number of nitrogens with zero attached hydrogens (tertiary/aromatic N) is 3. The van der Waals surface area contributed by atoms with Gasteiger partial charge in [-0.15, -0.1) is 0 Å². The smallest absolute Gasteiger partial charge is 0.407 e. The van der Waals surface area contributed by atoms with Gasteiger partial charge >= 0.3 is 6.09 Å². The molecule has 3 heterocycles. The van der Waals surface area contributed by atoms with Crippen LogP contribution in [0.5, 0.6) is 0 Å². The molecule has 11 N–H and O–H groups in total. The Labute approximate surface area is 163 Å². The molecule has 3 rings (SSSR count). The Balaban J connectivity index is 1.58. The number of alkyl carbamates (subject to hydrolysis) is 1. The Morgan fingerprint density at radius 2 is 2.07 bits per heavy atom. The molecule has 0 radical (unpaired) electrons. The number of nitrogens with two attached hydrogens (primary N) is 2. The zero-order valence-electron chi connectivity index (χ0n) is 15.9. The molecule has 0 saturated carbocycles. The van der Waals surface area contributed by atoms with Gasteiger partial charge in [0.1, 0.15) is 18.7 Å². The molecule has 28 heavy (non-hydrogen) atoms. The number of guanidine groups is 2. The lowest BCUT2D eigenvalue weighted by atomic mass is 9.87. The molecule has 0 aliphatic carbocycles. The summed E-state index contributed by atoms with van der Waals surface area (Å²) in [6.45, 7) is 1.63. The number of aliphatic imine (C=N–C) groups is 2. The second-order valence-corrected chi connectivity index (χ2v) is 7.42. The summed E-state index contributed by atoms with van der Waals surface area (Å²) in [6, 6.07) is -1.45. The Kier molecular flexibility index (Phi) is 5.82. The number of hydrogen-bond acceptors (Lipinski definition) is 10. The predicted molar refractivity (Wildman–Crippen MR) is 101 cm³/mol. The molecule has 0 aromatic carbocycles. The average Bonchev–Trinajstić information content (AvgIpc) is 3.13. The van der Waals surface area contributed by atoms with Gasteiger partial charge in [0, 0.05) is 19.5 Å². The summed E-state index contributed by atoms with van der Waals surface area (Å²) in [4.78, 5) is 22.1. The van der Waals surface area contributed by atoms with Crippen LogP contribution in [0.3, 0.4) is 0 Å². The number of carbonyl (C=O) groups excluding carboxylic acids is 1. The van der Waals surface area contributed by atoms with Crippen LogP contribution in [0.4, 0.5) is 4.79 Å². The van der Waals surface area contributed by atoms with Gasteiger partial charge < -0.3 is 47.7 Å². The lowest BCUT2D eigenvalue weighted by molar-refractivity contribution is -0.368. The number of nitrogens with one attached hydrogen (secondary N) is 2. The third-order valence-electron chi connectivity index (χ3n) is 5.52. The van der Waals surface area contributed by atoms with E-state index in [1.807, 2.05) is 0 Å². The molecular weight excluding hydrogens is 368 g/mol. The molecule has 1 fully saturated rings. The van der Waals surface area contributed by atoms with Crippen molar-refractivity contribution in [2.75, 3.05) is 26.2 Å². The highest BCUT2D eigenvalue weighted by molar-refractivity contribution is 5.87. The van der Waals surface area contributed by atoms with Gasteiger partial charge in [0.05, 0.1) is 6.54 Å². The Hall–Kier alpha value is -2.31. The van der Waals surface area contributed by atoms with Crippen LogP contribution in [-0.4, -0.2) is 82.9 Å². The van der Waals surface area contributed by atoms with E-state index in [1.165, 1.54) is 0 Å². The van der Waals surface area contributed by atoms with Gasteiger partial charge in [-0.3, -0.25) is 0 Å². The molecule has 3 aliphatic rings. The van der Waals surface area contributed by atoms with E-state index in [-0.39, 0.29) is 31.5 Å². The van der Waals surface area contributed by atoms with Crippen LogP contribution >= 0.6 is 0 Å². The first kappa shape index (κ1) is 20.4. The van der Waals surface area contributed by atoms with Crippen molar-refractivity contribution in [3.63, 3.8) is 0 Å². The summed E-state index contributed by atoms with van der Waals surface area (Å²) >= 11 is 0. The lowest BCUT2D eigenvalue weighted by Crippen LogP contribution is -2.76. The van der Waals surface area contributed by atoms with E-state index < -0.39 is 29.6 Å². The molecular formula is C16H31N8O4+. The molecule has 3 aliphatic heterocycles. The van der Waals surface area contributed by atoms with Crippen molar-refractivity contribution in [2.24, 2.45) is 21.5 Å². The third-order valence-corrected chi connectivity index (χ3v) is 5.52. The summed E-state index contributed by atoms with van der Waals surface area (Å²) in [6.07, 6.45) is 3.56. The van der Waals surface area contributed by atoms with E-state index in [9.17, 15) is 15.0 Å². The largest absolute Gasteiger partial charge is 0.447 e. The fourth-order valence-electron chi connectivity index (χ4n) is 4.12. The minimum atomic E-state index is -2.11. The number of carbonyl (C=O) groups is 1. The normalized spacial score (nSPS) is 30.0. The van der Waals surface area contributed by atoms with Crippen molar-refractivity contribution < 1.29 is 25.5 Å². The number of ether oxygens (including phenoxy) is 1. The number of aliphatic hydroxyl groups is 2. The highest BCUT2D eigenvalue weighted by Crippen LogP contribution is 2.44. The first-order valence-corrected chi connectivity index (χ1v) is 9.69.